The maximum Gasteiger partial charge on any atom is 0.254 e. The molecule has 2 rings (SSSR count). The van der Waals surface area contributed by atoms with Crippen molar-refractivity contribution in [2.45, 2.75) is 13.3 Å². The molecular formula is C16H18ClNO. The lowest BCUT2D eigenvalue weighted by atomic mass is 10.0. The lowest BCUT2D eigenvalue weighted by Gasteiger charge is -2.21. The zero-order valence-corrected chi connectivity index (χ0v) is 11.9. The SMILES string of the molecule is CCN(CCCCl)C(=O)c1cccc2ccccc12. The highest BCUT2D eigenvalue weighted by atomic mass is 35.5. The fourth-order valence-electron chi connectivity index (χ4n) is 2.24. The van der Waals surface area contributed by atoms with E-state index in [0.717, 1.165) is 22.8 Å². The molecule has 0 aromatic heterocycles. The summed E-state index contributed by atoms with van der Waals surface area (Å²) in [6.07, 6.45) is 0.825. The van der Waals surface area contributed by atoms with Gasteiger partial charge in [0.15, 0.2) is 0 Å². The van der Waals surface area contributed by atoms with Gasteiger partial charge in [0, 0.05) is 24.5 Å². The molecule has 19 heavy (non-hydrogen) atoms. The van der Waals surface area contributed by atoms with Crippen molar-refractivity contribution in [2.24, 2.45) is 0 Å². The molecule has 0 heterocycles. The summed E-state index contributed by atoms with van der Waals surface area (Å²) in [4.78, 5) is 14.4. The highest BCUT2D eigenvalue weighted by Crippen LogP contribution is 2.20. The predicted octanol–water partition coefficient (Wildman–Crippen LogP) is 3.93. The Balaban J connectivity index is 2.35. The first kappa shape index (κ1) is 13.9. The van der Waals surface area contributed by atoms with Gasteiger partial charge in [-0.2, -0.15) is 0 Å². The average Bonchev–Trinajstić information content (AvgIpc) is 2.47. The van der Waals surface area contributed by atoms with Crippen molar-refractivity contribution >= 4 is 28.3 Å². The monoisotopic (exact) mass is 275 g/mol. The molecule has 2 aromatic carbocycles. The quantitative estimate of drug-likeness (QED) is 0.757. The number of amides is 1. The van der Waals surface area contributed by atoms with Crippen molar-refractivity contribution in [1.29, 1.82) is 0 Å². The van der Waals surface area contributed by atoms with Crippen LogP contribution < -0.4 is 0 Å². The molecule has 100 valence electrons. The van der Waals surface area contributed by atoms with Crippen LogP contribution in [0.15, 0.2) is 42.5 Å². The zero-order chi connectivity index (χ0) is 13.7. The molecule has 0 spiro atoms. The molecule has 0 saturated heterocycles. The Morgan fingerprint density at radius 1 is 1.16 bits per heavy atom. The van der Waals surface area contributed by atoms with Crippen molar-refractivity contribution in [2.75, 3.05) is 19.0 Å². The van der Waals surface area contributed by atoms with Gasteiger partial charge in [0.05, 0.1) is 0 Å². The van der Waals surface area contributed by atoms with Crippen LogP contribution in [0.4, 0.5) is 0 Å². The number of benzene rings is 2. The number of nitrogens with zero attached hydrogens (tertiary/aromatic N) is 1. The van der Waals surface area contributed by atoms with Crippen molar-refractivity contribution in [3.05, 3.63) is 48.0 Å². The number of hydrogen-bond acceptors (Lipinski definition) is 1. The maximum absolute atomic E-state index is 12.6. The largest absolute Gasteiger partial charge is 0.339 e. The second-order valence-electron chi connectivity index (χ2n) is 4.45. The molecule has 2 nitrogen and oxygen atoms in total. The number of hydrogen-bond donors (Lipinski definition) is 0. The minimum absolute atomic E-state index is 0.0874. The van der Waals surface area contributed by atoms with Crippen LogP contribution in [0.5, 0.6) is 0 Å². The fraction of sp³-hybridized carbons (Fsp3) is 0.312. The molecule has 0 fully saturated rings. The lowest BCUT2D eigenvalue weighted by molar-refractivity contribution is 0.0767. The standard InChI is InChI=1S/C16H18ClNO/c1-2-18(12-6-11-17)16(19)15-10-5-8-13-7-3-4-9-14(13)15/h3-5,7-10H,2,6,11-12H2,1H3. The molecular weight excluding hydrogens is 258 g/mol. The van der Waals surface area contributed by atoms with Crippen molar-refractivity contribution in [3.8, 4) is 0 Å². The van der Waals surface area contributed by atoms with Gasteiger partial charge in [-0.1, -0.05) is 36.4 Å². The summed E-state index contributed by atoms with van der Waals surface area (Å²) in [5, 5.41) is 2.11. The highest BCUT2D eigenvalue weighted by Gasteiger charge is 2.15. The van der Waals surface area contributed by atoms with Gasteiger partial charge < -0.3 is 4.90 Å². The first-order valence-corrected chi connectivity index (χ1v) is 7.14. The van der Waals surface area contributed by atoms with E-state index in [-0.39, 0.29) is 5.91 Å². The van der Waals surface area contributed by atoms with E-state index >= 15 is 0 Å². The topological polar surface area (TPSA) is 20.3 Å². The first-order chi connectivity index (χ1) is 9.27. The normalized spacial score (nSPS) is 10.6. The second kappa shape index (κ2) is 6.58. The van der Waals surface area contributed by atoms with E-state index < -0.39 is 0 Å². The summed E-state index contributed by atoms with van der Waals surface area (Å²) >= 11 is 5.71. The number of carbonyl (C=O) groups excluding carboxylic acids is 1. The Labute approximate surface area is 119 Å². The van der Waals surface area contributed by atoms with Crippen LogP contribution in [0.1, 0.15) is 23.7 Å². The Morgan fingerprint density at radius 2 is 1.89 bits per heavy atom. The smallest absolute Gasteiger partial charge is 0.254 e. The number of alkyl halides is 1. The third-order valence-electron chi connectivity index (χ3n) is 3.25. The highest BCUT2D eigenvalue weighted by molar-refractivity contribution is 6.17. The average molecular weight is 276 g/mol. The molecule has 0 aliphatic heterocycles. The molecule has 0 bridgehead atoms. The van der Waals surface area contributed by atoms with Gasteiger partial charge in [0.1, 0.15) is 0 Å². The molecule has 0 N–H and O–H groups in total. The summed E-state index contributed by atoms with van der Waals surface area (Å²) in [6.45, 7) is 3.41. The minimum atomic E-state index is 0.0874. The van der Waals surface area contributed by atoms with E-state index in [1.54, 1.807) is 0 Å². The predicted molar refractivity (Wildman–Crippen MR) is 80.9 cm³/mol. The number of fused-ring (bicyclic) bond motifs is 1. The number of halogens is 1. The summed E-state index contributed by atoms with van der Waals surface area (Å²) < 4.78 is 0. The number of carbonyl (C=O) groups is 1. The summed E-state index contributed by atoms with van der Waals surface area (Å²) in [5.41, 5.74) is 0.773. The zero-order valence-electron chi connectivity index (χ0n) is 11.1. The lowest BCUT2D eigenvalue weighted by Crippen LogP contribution is -2.32. The van der Waals surface area contributed by atoms with E-state index in [2.05, 4.69) is 0 Å². The van der Waals surface area contributed by atoms with Crippen LogP contribution in [-0.4, -0.2) is 29.8 Å². The third-order valence-corrected chi connectivity index (χ3v) is 3.52. The van der Waals surface area contributed by atoms with Crippen molar-refractivity contribution < 1.29 is 4.79 Å². The molecule has 1 amide bonds. The molecule has 0 unspecified atom stereocenters. The van der Waals surface area contributed by atoms with Gasteiger partial charge in [-0.3, -0.25) is 4.79 Å². The van der Waals surface area contributed by atoms with E-state index in [0.29, 0.717) is 19.0 Å². The van der Waals surface area contributed by atoms with Gasteiger partial charge >= 0.3 is 0 Å². The molecule has 3 heteroatoms. The molecule has 0 saturated carbocycles. The van der Waals surface area contributed by atoms with Gasteiger partial charge in [0.25, 0.3) is 5.91 Å². The van der Waals surface area contributed by atoms with Gasteiger partial charge in [-0.25, -0.2) is 0 Å². The summed E-state index contributed by atoms with van der Waals surface area (Å²) in [6, 6.07) is 13.8. The number of rotatable bonds is 5. The first-order valence-electron chi connectivity index (χ1n) is 6.61. The van der Waals surface area contributed by atoms with Crippen molar-refractivity contribution in [3.63, 3.8) is 0 Å². The van der Waals surface area contributed by atoms with E-state index in [1.807, 2.05) is 54.3 Å². The van der Waals surface area contributed by atoms with Gasteiger partial charge in [-0.05, 0) is 30.2 Å². The summed E-state index contributed by atoms with van der Waals surface area (Å²) in [7, 11) is 0. The van der Waals surface area contributed by atoms with Crippen LogP contribution in [0.3, 0.4) is 0 Å². The van der Waals surface area contributed by atoms with Crippen LogP contribution in [0, 0.1) is 0 Å². The van der Waals surface area contributed by atoms with Crippen molar-refractivity contribution in [1.82, 2.24) is 4.90 Å². The Morgan fingerprint density at radius 3 is 2.63 bits per heavy atom. The molecule has 2 aromatic rings. The second-order valence-corrected chi connectivity index (χ2v) is 4.83. The Bertz CT molecular complexity index is 562. The van der Waals surface area contributed by atoms with E-state index in [4.69, 9.17) is 11.6 Å². The Hall–Kier alpha value is -1.54. The Kier molecular flexibility index (Phi) is 4.80. The van der Waals surface area contributed by atoms with Gasteiger partial charge in [0.2, 0.25) is 0 Å². The molecule has 0 atom stereocenters. The molecule has 0 aliphatic rings. The third kappa shape index (κ3) is 3.07. The summed E-state index contributed by atoms with van der Waals surface area (Å²) in [5.74, 6) is 0.670. The van der Waals surface area contributed by atoms with Crippen LogP contribution in [-0.2, 0) is 0 Å². The van der Waals surface area contributed by atoms with Crippen LogP contribution >= 0.6 is 11.6 Å². The fourth-order valence-corrected chi connectivity index (χ4v) is 2.36. The molecule has 0 radical (unpaired) electrons. The maximum atomic E-state index is 12.6. The minimum Gasteiger partial charge on any atom is -0.339 e. The van der Waals surface area contributed by atoms with Crippen LogP contribution in [0.25, 0.3) is 10.8 Å². The van der Waals surface area contributed by atoms with Crippen LogP contribution in [0.2, 0.25) is 0 Å². The van der Waals surface area contributed by atoms with E-state index in [9.17, 15) is 4.79 Å². The molecule has 0 aliphatic carbocycles. The van der Waals surface area contributed by atoms with E-state index in [1.165, 1.54) is 0 Å². The van der Waals surface area contributed by atoms with Gasteiger partial charge in [-0.15, -0.1) is 11.6 Å².